The minimum absolute atomic E-state index is 0.115. The van der Waals surface area contributed by atoms with Crippen molar-refractivity contribution in [2.24, 2.45) is 0 Å². The number of rotatable bonds is 3. The average Bonchev–Trinajstić information content (AvgIpc) is 2.82. The number of nitrogen functional groups attached to an aromatic ring is 1. The highest BCUT2D eigenvalue weighted by Crippen LogP contribution is 2.28. The molecular formula is C13H19N5. The van der Waals surface area contributed by atoms with E-state index in [0.29, 0.717) is 0 Å². The van der Waals surface area contributed by atoms with Crippen molar-refractivity contribution in [2.45, 2.75) is 39.7 Å². The normalized spacial score (nSPS) is 11.8. The number of aryl methyl sites for hydroxylation is 1. The summed E-state index contributed by atoms with van der Waals surface area (Å²) in [6.45, 7) is 8.40. The van der Waals surface area contributed by atoms with Gasteiger partial charge in [-0.3, -0.25) is 0 Å². The zero-order valence-electron chi connectivity index (χ0n) is 11.3. The molecule has 0 aliphatic carbocycles. The molecule has 0 fully saturated rings. The molecule has 0 spiro atoms. The van der Waals surface area contributed by atoms with E-state index in [9.17, 15) is 0 Å². The number of hydrogen-bond donors (Lipinski definition) is 1. The van der Waals surface area contributed by atoms with Gasteiger partial charge < -0.3 is 5.73 Å². The van der Waals surface area contributed by atoms with E-state index in [1.165, 1.54) is 0 Å². The van der Waals surface area contributed by atoms with Crippen molar-refractivity contribution in [2.75, 3.05) is 5.73 Å². The van der Waals surface area contributed by atoms with Crippen molar-refractivity contribution < 1.29 is 0 Å². The van der Waals surface area contributed by atoms with Gasteiger partial charge in [-0.1, -0.05) is 13.0 Å². The predicted octanol–water partition coefficient (Wildman–Crippen LogP) is 2.38. The van der Waals surface area contributed by atoms with E-state index < -0.39 is 0 Å². The van der Waals surface area contributed by atoms with Crippen LogP contribution in [0.5, 0.6) is 0 Å². The van der Waals surface area contributed by atoms with Gasteiger partial charge in [-0.15, -0.1) is 5.10 Å². The molecule has 0 radical (unpaired) electrons. The smallest absolute Gasteiger partial charge is 0.182 e. The van der Waals surface area contributed by atoms with E-state index in [1.807, 2.05) is 29.8 Å². The zero-order chi connectivity index (χ0) is 13.3. The Labute approximate surface area is 107 Å². The van der Waals surface area contributed by atoms with Crippen LogP contribution in [-0.2, 0) is 5.54 Å². The summed E-state index contributed by atoms with van der Waals surface area (Å²) in [5.74, 6) is 0.770. The lowest BCUT2D eigenvalue weighted by Crippen LogP contribution is -2.27. The maximum absolute atomic E-state index is 5.85. The van der Waals surface area contributed by atoms with Gasteiger partial charge in [-0.05, 0) is 55.3 Å². The van der Waals surface area contributed by atoms with Crippen molar-refractivity contribution in [3.63, 3.8) is 0 Å². The van der Waals surface area contributed by atoms with Crippen LogP contribution in [0.1, 0.15) is 32.8 Å². The first-order chi connectivity index (χ1) is 8.45. The van der Waals surface area contributed by atoms with Crippen molar-refractivity contribution in [3.8, 4) is 11.4 Å². The second-order valence-corrected chi connectivity index (χ2v) is 5.15. The number of hydrogen-bond acceptors (Lipinski definition) is 4. The second kappa shape index (κ2) is 4.40. The predicted molar refractivity (Wildman–Crippen MR) is 72.0 cm³/mol. The molecule has 96 valence electrons. The molecule has 0 aliphatic heterocycles. The summed E-state index contributed by atoms with van der Waals surface area (Å²) in [4.78, 5) is 0. The molecule has 0 aliphatic rings. The first-order valence-corrected chi connectivity index (χ1v) is 6.11. The highest BCUT2D eigenvalue weighted by molar-refractivity contribution is 5.65. The Kier molecular flexibility index (Phi) is 3.07. The van der Waals surface area contributed by atoms with Gasteiger partial charge in [-0.25, -0.2) is 4.68 Å². The number of anilines is 1. The van der Waals surface area contributed by atoms with Gasteiger partial charge in [0.25, 0.3) is 0 Å². The summed E-state index contributed by atoms with van der Waals surface area (Å²) >= 11 is 0. The van der Waals surface area contributed by atoms with Crippen LogP contribution >= 0.6 is 0 Å². The monoisotopic (exact) mass is 245 g/mol. The molecule has 0 atom stereocenters. The van der Waals surface area contributed by atoms with Crippen LogP contribution < -0.4 is 5.73 Å². The molecule has 1 aromatic heterocycles. The molecule has 18 heavy (non-hydrogen) atoms. The Morgan fingerprint density at radius 2 is 2.06 bits per heavy atom. The fourth-order valence-corrected chi connectivity index (χ4v) is 1.79. The first-order valence-electron chi connectivity index (χ1n) is 6.11. The molecule has 1 heterocycles. The minimum atomic E-state index is -0.115. The third-order valence-electron chi connectivity index (χ3n) is 3.41. The highest BCUT2D eigenvalue weighted by Gasteiger charge is 2.24. The Balaban J connectivity index is 2.59. The van der Waals surface area contributed by atoms with Gasteiger partial charge in [0, 0.05) is 11.3 Å². The van der Waals surface area contributed by atoms with Crippen molar-refractivity contribution in [1.82, 2.24) is 20.2 Å². The number of nitrogens with two attached hydrogens (primary N) is 1. The van der Waals surface area contributed by atoms with Gasteiger partial charge in [-0.2, -0.15) is 0 Å². The van der Waals surface area contributed by atoms with E-state index in [1.54, 1.807) is 0 Å². The number of nitrogens with zero attached hydrogens (tertiary/aromatic N) is 4. The fourth-order valence-electron chi connectivity index (χ4n) is 1.79. The lowest BCUT2D eigenvalue weighted by molar-refractivity contribution is 0.304. The summed E-state index contributed by atoms with van der Waals surface area (Å²) in [5.41, 5.74) is 8.56. The number of aromatic nitrogens is 4. The third kappa shape index (κ3) is 2.08. The van der Waals surface area contributed by atoms with E-state index in [2.05, 4.69) is 36.3 Å². The maximum Gasteiger partial charge on any atom is 0.182 e. The topological polar surface area (TPSA) is 69.6 Å². The lowest BCUT2D eigenvalue weighted by Gasteiger charge is -2.24. The summed E-state index contributed by atoms with van der Waals surface area (Å²) in [6, 6.07) is 5.80. The van der Waals surface area contributed by atoms with E-state index in [0.717, 1.165) is 29.1 Å². The molecule has 0 unspecified atom stereocenters. The Morgan fingerprint density at radius 1 is 1.33 bits per heavy atom. The van der Waals surface area contributed by atoms with E-state index >= 15 is 0 Å². The maximum atomic E-state index is 5.85. The van der Waals surface area contributed by atoms with Crippen LogP contribution in [0.2, 0.25) is 0 Å². The quantitative estimate of drug-likeness (QED) is 0.843. The van der Waals surface area contributed by atoms with Gasteiger partial charge in [0.2, 0.25) is 0 Å². The molecule has 0 bridgehead atoms. The molecule has 0 saturated heterocycles. The minimum Gasteiger partial charge on any atom is -0.399 e. The fraction of sp³-hybridized carbons (Fsp3) is 0.462. The lowest BCUT2D eigenvalue weighted by atomic mass is 10.0. The van der Waals surface area contributed by atoms with Crippen LogP contribution in [0.25, 0.3) is 11.4 Å². The highest BCUT2D eigenvalue weighted by atomic mass is 15.6. The van der Waals surface area contributed by atoms with Crippen LogP contribution in [0.3, 0.4) is 0 Å². The van der Waals surface area contributed by atoms with Gasteiger partial charge in [0.05, 0.1) is 5.54 Å². The van der Waals surface area contributed by atoms with Crippen molar-refractivity contribution >= 4 is 5.69 Å². The first kappa shape index (κ1) is 12.5. The Bertz CT molecular complexity index is 556. The van der Waals surface area contributed by atoms with Gasteiger partial charge in [0.15, 0.2) is 5.82 Å². The molecule has 0 saturated carbocycles. The largest absolute Gasteiger partial charge is 0.399 e. The second-order valence-electron chi connectivity index (χ2n) is 5.15. The third-order valence-corrected chi connectivity index (χ3v) is 3.41. The summed E-state index contributed by atoms with van der Waals surface area (Å²) in [7, 11) is 0. The van der Waals surface area contributed by atoms with Crippen LogP contribution in [-0.4, -0.2) is 20.2 Å². The Hall–Kier alpha value is -1.91. The molecule has 2 N–H and O–H groups in total. The van der Waals surface area contributed by atoms with Crippen LogP contribution in [0.4, 0.5) is 5.69 Å². The zero-order valence-corrected chi connectivity index (χ0v) is 11.3. The molecule has 0 amide bonds. The van der Waals surface area contributed by atoms with Crippen molar-refractivity contribution in [3.05, 3.63) is 23.8 Å². The Morgan fingerprint density at radius 3 is 2.72 bits per heavy atom. The molecule has 2 aromatic rings. The summed E-state index contributed by atoms with van der Waals surface area (Å²) < 4.78 is 1.87. The number of benzene rings is 1. The standard InChI is InChI=1S/C13H19N5/c1-5-13(3,4)18-12(15-16-17-18)11-8-10(14)7-6-9(11)2/h6-8H,5,14H2,1-4H3. The summed E-state index contributed by atoms with van der Waals surface area (Å²) in [5, 5.41) is 12.1. The molecule has 5 heteroatoms. The summed E-state index contributed by atoms with van der Waals surface area (Å²) in [6.07, 6.45) is 0.951. The number of tetrazole rings is 1. The van der Waals surface area contributed by atoms with Gasteiger partial charge >= 0.3 is 0 Å². The van der Waals surface area contributed by atoms with E-state index in [-0.39, 0.29) is 5.54 Å². The average molecular weight is 245 g/mol. The molecule has 5 nitrogen and oxygen atoms in total. The van der Waals surface area contributed by atoms with Gasteiger partial charge in [0.1, 0.15) is 0 Å². The molecular weight excluding hydrogens is 226 g/mol. The van der Waals surface area contributed by atoms with E-state index in [4.69, 9.17) is 5.73 Å². The molecule has 1 aromatic carbocycles. The van der Waals surface area contributed by atoms with Crippen LogP contribution in [0.15, 0.2) is 18.2 Å². The SMILES string of the molecule is CCC(C)(C)n1nnnc1-c1cc(N)ccc1C. The van der Waals surface area contributed by atoms with Crippen molar-refractivity contribution in [1.29, 1.82) is 0 Å². The van der Waals surface area contributed by atoms with Crippen LogP contribution in [0, 0.1) is 6.92 Å². The molecule has 2 rings (SSSR count).